The number of carbonyl (C=O) groups is 1. The van der Waals surface area contributed by atoms with Crippen molar-refractivity contribution in [3.63, 3.8) is 0 Å². The van der Waals surface area contributed by atoms with Crippen LogP contribution < -0.4 is 0 Å². The van der Waals surface area contributed by atoms with Crippen LogP contribution in [0.15, 0.2) is 21.6 Å². The third kappa shape index (κ3) is 3.63. The van der Waals surface area contributed by atoms with Crippen LogP contribution in [0.2, 0.25) is 0 Å². The highest BCUT2D eigenvalue weighted by atomic mass is 32.2. The van der Waals surface area contributed by atoms with Crippen LogP contribution in [0, 0.1) is 0 Å². The molecule has 0 saturated carbocycles. The summed E-state index contributed by atoms with van der Waals surface area (Å²) in [5, 5.41) is 0.121. The van der Waals surface area contributed by atoms with E-state index in [9.17, 15) is 13.2 Å². The second-order valence-corrected chi connectivity index (χ2v) is 8.92. The third-order valence-corrected chi connectivity index (χ3v) is 7.34. The van der Waals surface area contributed by atoms with Gasteiger partial charge in [0.1, 0.15) is 0 Å². The van der Waals surface area contributed by atoms with Gasteiger partial charge in [0.05, 0.1) is 18.5 Å². The number of hydrogen-bond acceptors (Lipinski definition) is 6. The molecule has 3 rings (SSSR count). The molecule has 0 N–H and O–H groups in total. The Kier molecular flexibility index (Phi) is 5.53. The van der Waals surface area contributed by atoms with Gasteiger partial charge in [-0.15, -0.1) is 0 Å². The molecule has 0 bridgehead atoms. The quantitative estimate of drug-likeness (QED) is 0.739. The van der Waals surface area contributed by atoms with E-state index in [2.05, 4.69) is 0 Å². The summed E-state index contributed by atoms with van der Waals surface area (Å²) < 4.78 is 37.8. The van der Waals surface area contributed by atoms with Gasteiger partial charge in [0.25, 0.3) is 5.91 Å². The van der Waals surface area contributed by atoms with Crippen molar-refractivity contribution < 1.29 is 22.4 Å². The van der Waals surface area contributed by atoms with Gasteiger partial charge in [0.15, 0.2) is 10.9 Å². The first-order valence-electron chi connectivity index (χ1n) is 8.02. The van der Waals surface area contributed by atoms with Crippen LogP contribution in [-0.2, 0) is 14.8 Å². The molecule has 0 spiro atoms. The zero-order valence-corrected chi connectivity index (χ0v) is 15.3. The second kappa shape index (κ2) is 7.47. The Labute approximate surface area is 146 Å². The van der Waals surface area contributed by atoms with E-state index >= 15 is 0 Å². The van der Waals surface area contributed by atoms with Crippen LogP contribution in [-0.4, -0.2) is 74.4 Å². The van der Waals surface area contributed by atoms with Gasteiger partial charge in [-0.25, -0.2) is 8.42 Å². The Bertz CT molecular complexity index is 682. The first-order chi connectivity index (χ1) is 11.5. The first-order valence-corrected chi connectivity index (χ1v) is 10.7. The lowest BCUT2D eigenvalue weighted by atomic mass is 10.1. The lowest BCUT2D eigenvalue weighted by Crippen LogP contribution is -2.51. The number of carbonyl (C=O) groups excluding carboxylic acids is 1. The smallest absolute Gasteiger partial charge is 0.289 e. The molecule has 0 aromatic carbocycles. The Morgan fingerprint density at radius 2 is 2.00 bits per heavy atom. The minimum Gasteiger partial charge on any atom is -0.445 e. The molecule has 1 unspecified atom stereocenters. The zero-order valence-electron chi connectivity index (χ0n) is 13.6. The minimum atomic E-state index is -3.41. The monoisotopic (exact) mass is 374 g/mol. The molecule has 1 aromatic heterocycles. The molecular weight excluding hydrogens is 352 g/mol. The number of hydrogen-bond donors (Lipinski definition) is 0. The summed E-state index contributed by atoms with van der Waals surface area (Å²) in [6.07, 6.45) is 3.13. The van der Waals surface area contributed by atoms with E-state index in [0.29, 0.717) is 50.8 Å². The highest BCUT2D eigenvalue weighted by Gasteiger charge is 2.37. The van der Waals surface area contributed by atoms with Gasteiger partial charge in [-0.2, -0.15) is 4.31 Å². The molecule has 134 valence electrons. The number of amides is 1. The summed E-state index contributed by atoms with van der Waals surface area (Å²) in [6.45, 7) is 2.41. The van der Waals surface area contributed by atoms with E-state index in [1.54, 1.807) is 17.0 Å². The molecule has 1 amide bonds. The third-order valence-electron chi connectivity index (χ3n) is 4.41. The molecule has 2 fully saturated rings. The number of furan rings is 1. The van der Waals surface area contributed by atoms with Gasteiger partial charge in [-0.05, 0) is 31.2 Å². The summed E-state index contributed by atoms with van der Waals surface area (Å²) in [5.74, 6) is 0.0287. The summed E-state index contributed by atoms with van der Waals surface area (Å²) in [6, 6.07) is 3.40. The lowest BCUT2D eigenvalue weighted by molar-refractivity contribution is 0.0663. The van der Waals surface area contributed by atoms with E-state index in [-0.39, 0.29) is 18.2 Å². The predicted molar refractivity (Wildman–Crippen MR) is 90.7 cm³/mol. The number of morpholine rings is 1. The van der Waals surface area contributed by atoms with Gasteiger partial charge in [-0.1, -0.05) is 11.8 Å². The van der Waals surface area contributed by atoms with E-state index in [4.69, 9.17) is 9.15 Å². The van der Waals surface area contributed by atoms with Gasteiger partial charge < -0.3 is 14.1 Å². The van der Waals surface area contributed by atoms with Crippen molar-refractivity contribution in [1.82, 2.24) is 9.21 Å². The summed E-state index contributed by atoms with van der Waals surface area (Å²) in [7, 11) is -3.41. The number of likely N-dealkylation sites (tertiary alicyclic amines) is 1. The van der Waals surface area contributed by atoms with E-state index in [0.717, 1.165) is 0 Å². The zero-order chi connectivity index (χ0) is 17.2. The lowest BCUT2D eigenvalue weighted by Gasteiger charge is -2.36. The normalized spacial score (nSPS) is 23.4. The van der Waals surface area contributed by atoms with Crippen LogP contribution in [0.1, 0.15) is 23.4 Å². The van der Waals surface area contributed by atoms with E-state index in [1.165, 1.54) is 16.1 Å². The van der Waals surface area contributed by atoms with Crippen LogP contribution >= 0.6 is 11.8 Å². The Morgan fingerprint density at radius 3 is 2.67 bits per heavy atom. The highest BCUT2D eigenvalue weighted by Crippen LogP contribution is 2.24. The van der Waals surface area contributed by atoms with Crippen LogP contribution in [0.4, 0.5) is 0 Å². The molecule has 7 nitrogen and oxygen atoms in total. The molecule has 1 atom stereocenters. The maximum Gasteiger partial charge on any atom is 0.289 e. The van der Waals surface area contributed by atoms with Gasteiger partial charge in [0, 0.05) is 26.2 Å². The summed E-state index contributed by atoms with van der Waals surface area (Å²) in [4.78, 5) is 14.2. The van der Waals surface area contributed by atoms with Crippen molar-refractivity contribution in [3.8, 4) is 0 Å². The fourth-order valence-corrected chi connectivity index (χ4v) is 5.37. The predicted octanol–water partition coefficient (Wildman–Crippen LogP) is 1.27. The van der Waals surface area contributed by atoms with Crippen LogP contribution in [0.25, 0.3) is 0 Å². The van der Waals surface area contributed by atoms with Crippen molar-refractivity contribution in [2.24, 2.45) is 0 Å². The molecule has 2 aliphatic heterocycles. The van der Waals surface area contributed by atoms with Crippen LogP contribution in [0.3, 0.4) is 0 Å². The van der Waals surface area contributed by atoms with Gasteiger partial charge >= 0.3 is 0 Å². The maximum absolute atomic E-state index is 12.8. The summed E-state index contributed by atoms with van der Waals surface area (Å²) >= 11 is 1.43. The molecule has 2 aliphatic rings. The van der Waals surface area contributed by atoms with Crippen molar-refractivity contribution in [3.05, 3.63) is 17.9 Å². The molecule has 3 heterocycles. The molecule has 0 aliphatic carbocycles. The number of rotatable bonds is 4. The Morgan fingerprint density at radius 1 is 1.25 bits per heavy atom. The number of nitrogens with zero attached hydrogens (tertiary/aromatic N) is 2. The Hall–Kier alpha value is -1.03. The average Bonchev–Trinajstić information content (AvgIpc) is 3.11. The van der Waals surface area contributed by atoms with Crippen molar-refractivity contribution in [2.45, 2.75) is 23.2 Å². The number of sulfonamides is 1. The first kappa shape index (κ1) is 17.8. The van der Waals surface area contributed by atoms with Gasteiger partial charge in [0.2, 0.25) is 10.0 Å². The van der Waals surface area contributed by atoms with E-state index < -0.39 is 15.3 Å². The molecule has 24 heavy (non-hydrogen) atoms. The van der Waals surface area contributed by atoms with Crippen LogP contribution in [0.5, 0.6) is 0 Å². The van der Waals surface area contributed by atoms with Crippen molar-refractivity contribution in [2.75, 3.05) is 45.6 Å². The summed E-state index contributed by atoms with van der Waals surface area (Å²) in [5.41, 5.74) is 0. The topological polar surface area (TPSA) is 80.1 Å². The maximum atomic E-state index is 12.8. The number of ether oxygens (including phenoxy) is 1. The Balaban J connectivity index is 1.70. The molecular formula is C15H22N2O5S2. The fraction of sp³-hybridized carbons (Fsp3) is 0.667. The number of thioether (sulfide) groups is 1. The minimum absolute atomic E-state index is 0.216. The second-order valence-electron chi connectivity index (χ2n) is 5.89. The standard InChI is InChI=1S/C15H22N2O5S2/c1-23-14-5-4-13(22-14)15(18)16-6-2-3-12(11-16)24(19,20)17-7-9-21-10-8-17/h4-5,12H,2-3,6-11H2,1H3. The van der Waals surface area contributed by atoms with E-state index in [1.807, 2.05) is 6.26 Å². The average molecular weight is 374 g/mol. The van der Waals surface area contributed by atoms with Gasteiger partial charge in [-0.3, -0.25) is 4.79 Å². The molecule has 0 radical (unpaired) electrons. The fourth-order valence-electron chi connectivity index (χ4n) is 3.08. The molecule has 9 heteroatoms. The highest BCUT2D eigenvalue weighted by molar-refractivity contribution is 7.98. The molecule has 1 aromatic rings. The SMILES string of the molecule is CSc1ccc(C(=O)N2CCCC(S(=O)(=O)N3CCOCC3)C2)o1. The van der Waals surface area contributed by atoms with Crippen molar-refractivity contribution in [1.29, 1.82) is 0 Å². The van der Waals surface area contributed by atoms with Crippen molar-refractivity contribution >= 4 is 27.7 Å². The molecule has 2 saturated heterocycles. The largest absolute Gasteiger partial charge is 0.445 e. The number of piperidine rings is 1.